The number of hydrogen-bond donors (Lipinski definition) is 2. The molecule has 2 N–H and O–H groups in total. The first-order valence-electron chi connectivity index (χ1n) is 6.92. The normalized spacial score (nSPS) is 19.7. The molecule has 2 atom stereocenters. The lowest BCUT2D eigenvalue weighted by Gasteiger charge is -2.25. The Bertz CT molecular complexity index is 252. The summed E-state index contributed by atoms with van der Waals surface area (Å²) in [5.41, 5.74) is 0. The lowest BCUT2D eigenvalue weighted by Crippen LogP contribution is -2.42. The van der Waals surface area contributed by atoms with E-state index in [1.165, 1.54) is 0 Å². The fraction of sp³-hybridized carbons (Fsp3) is 0.923. The zero-order chi connectivity index (χ0) is 13.4. The number of halogens is 2. The predicted molar refractivity (Wildman–Crippen MR) is 87.1 cm³/mol. The zero-order valence-electron chi connectivity index (χ0n) is 12.7. The highest BCUT2D eigenvalue weighted by Crippen LogP contribution is 2.01. The van der Waals surface area contributed by atoms with Crippen LogP contribution in [0.5, 0.6) is 0 Å². The number of carbonyl (C=O) groups is 1. The minimum atomic E-state index is 0. The maximum Gasteiger partial charge on any atom is 0.222 e. The molecular formula is C13H29Cl2N3O2. The van der Waals surface area contributed by atoms with Gasteiger partial charge in [0.25, 0.3) is 0 Å². The second-order valence-electron chi connectivity index (χ2n) is 4.99. The summed E-state index contributed by atoms with van der Waals surface area (Å²) in [4.78, 5) is 14.0. The van der Waals surface area contributed by atoms with E-state index in [2.05, 4.69) is 36.4 Å². The third kappa shape index (κ3) is 8.97. The molecule has 0 saturated carbocycles. The molecule has 1 aliphatic heterocycles. The number of nitrogens with zero attached hydrogens (tertiary/aromatic N) is 1. The number of hydrogen-bond acceptors (Lipinski definition) is 4. The molecule has 7 heteroatoms. The summed E-state index contributed by atoms with van der Waals surface area (Å²) in [6, 6.07) is 0.563. The molecule has 1 aliphatic rings. The van der Waals surface area contributed by atoms with Gasteiger partial charge in [0.05, 0.1) is 19.1 Å². The van der Waals surface area contributed by atoms with E-state index in [-0.39, 0.29) is 36.8 Å². The molecule has 122 valence electrons. The highest BCUT2D eigenvalue weighted by molar-refractivity contribution is 5.85. The van der Waals surface area contributed by atoms with Crippen LogP contribution >= 0.6 is 24.8 Å². The van der Waals surface area contributed by atoms with E-state index in [0.717, 1.165) is 26.1 Å². The average molecular weight is 330 g/mol. The topological polar surface area (TPSA) is 53.6 Å². The van der Waals surface area contributed by atoms with Crippen molar-refractivity contribution in [1.29, 1.82) is 0 Å². The van der Waals surface area contributed by atoms with Crippen LogP contribution in [0.2, 0.25) is 0 Å². The smallest absolute Gasteiger partial charge is 0.222 e. The lowest BCUT2D eigenvalue weighted by atomic mass is 10.2. The summed E-state index contributed by atoms with van der Waals surface area (Å²) in [6.07, 6.45) is 1.62. The molecule has 5 nitrogen and oxygen atoms in total. The van der Waals surface area contributed by atoms with Crippen molar-refractivity contribution in [2.45, 2.75) is 38.8 Å². The van der Waals surface area contributed by atoms with Gasteiger partial charge in [-0.15, -0.1) is 24.8 Å². The van der Waals surface area contributed by atoms with Gasteiger partial charge in [-0.3, -0.25) is 4.79 Å². The molecule has 1 amide bonds. The van der Waals surface area contributed by atoms with E-state index in [0.29, 0.717) is 25.6 Å². The third-order valence-corrected chi connectivity index (χ3v) is 3.55. The van der Waals surface area contributed by atoms with E-state index < -0.39 is 0 Å². The van der Waals surface area contributed by atoms with Crippen LogP contribution in [0.25, 0.3) is 0 Å². The van der Waals surface area contributed by atoms with Gasteiger partial charge in [-0.2, -0.15) is 0 Å². The van der Waals surface area contributed by atoms with E-state index >= 15 is 0 Å². The van der Waals surface area contributed by atoms with E-state index in [1.54, 1.807) is 0 Å². The van der Waals surface area contributed by atoms with Gasteiger partial charge in [0, 0.05) is 32.2 Å². The van der Waals surface area contributed by atoms with Gasteiger partial charge in [-0.05, 0) is 20.4 Å². The van der Waals surface area contributed by atoms with Crippen molar-refractivity contribution in [1.82, 2.24) is 15.5 Å². The summed E-state index contributed by atoms with van der Waals surface area (Å²) < 4.78 is 5.50. The highest BCUT2D eigenvalue weighted by Gasteiger charge is 2.17. The largest absolute Gasteiger partial charge is 0.375 e. The molecule has 2 unspecified atom stereocenters. The van der Waals surface area contributed by atoms with Gasteiger partial charge in [0.15, 0.2) is 0 Å². The molecule has 1 fully saturated rings. The van der Waals surface area contributed by atoms with Gasteiger partial charge >= 0.3 is 0 Å². The molecule has 0 spiro atoms. The van der Waals surface area contributed by atoms with Gasteiger partial charge < -0.3 is 20.3 Å². The summed E-state index contributed by atoms with van der Waals surface area (Å²) >= 11 is 0. The Balaban J connectivity index is 0. The summed E-state index contributed by atoms with van der Waals surface area (Å²) in [7, 11) is 2.09. The number of ether oxygens (including phenoxy) is 1. The minimum absolute atomic E-state index is 0. The number of rotatable bonds is 7. The Morgan fingerprint density at radius 2 is 2.20 bits per heavy atom. The van der Waals surface area contributed by atoms with Gasteiger partial charge in [-0.25, -0.2) is 0 Å². The van der Waals surface area contributed by atoms with Crippen LogP contribution in [0.4, 0.5) is 0 Å². The predicted octanol–water partition coefficient (Wildman–Crippen LogP) is 1.05. The van der Waals surface area contributed by atoms with E-state index in [4.69, 9.17) is 4.74 Å². The highest BCUT2D eigenvalue weighted by atomic mass is 35.5. The monoisotopic (exact) mass is 329 g/mol. The summed E-state index contributed by atoms with van der Waals surface area (Å²) in [5.74, 6) is 0.0845. The number of carbonyl (C=O) groups excluding carboxylic acids is 1. The van der Waals surface area contributed by atoms with Crippen LogP contribution < -0.4 is 10.6 Å². The summed E-state index contributed by atoms with van der Waals surface area (Å²) in [5, 5.41) is 6.18. The fourth-order valence-electron chi connectivity index (χ4n) is 1.93. The molecule has 1 heterocycles. The molecule has 0 aromatic heterocycles. The van der Waals surface area contributed by atoms with Gasteiger partial charge in [0.2, 0.25) is 5.91 Å². The SMILES string of the molecule is CCC(C)N(C)CCNC(=O)CC1CNCCO1.Cl.Cl. The van der Waals surface area contributed by atoms with Crippen molar-refractivity contribution in [3.63, 3.8) is 0 Å². The number of morpholine rings is 1. The number of nitrogens with one attached hydrogen (secondary N) is 2. The Morgan fingerprint density at radius 1 is 1.50 bits per heavy atom. The second kappa shape index (κ2) is 12.7. The van der Waals surface area contributed by atoms with Crippen LogP contribution in [0, 0.1) is 0 Å². The van der Waals surface area contributed by atoms with Crippen LogP contribution in [-0.4, -0.2) is 62.8 Å². The van der Waals surface area contributed by atoms with E-state index in [1.807, 2.05) is 0 Å². The van der Waals surface area contributed by atoms with Crippen molar-refractivity contribution in [3.8, 4) is 0 Å². The maximum absolute atomic E-state index is 11.7. The molecule has 1 saturated heterocycles. The van der Waals surface area contributed by atoms with Crippen molar-refractivity contribution in [3.05, 3.63) is 0 Å². The second-order valence-corrected chi connectivity index (χ2v) is 4.99. The van der Waals surface area contributed by atoms with Crippen LogP contribution in [-0.2, 0) is 9.53 Å². The van der Waals surface area contributed by atoms with Crippen molar-refractivity contribution in [2.75, 3.05) is 39.8 Å². The standard InChI is InChI=1S/C13H27N3O2.2ClH/c1-4-11(2)16(3)7-5-15-13(17)9-12-10-14-6-8-18-12;;/h11-12,14H,4-10H2,1-3H3,(H,15,17);2*1H. The lowest BCUT2D eigenvalue weighted by molar-refractivity contribution is -0.124. The first-order chi connectivity index (χ1) is 8.63. The molecule has 0 bridgehead atoms. The Morgan fingerprint density at radius 3 is 2.75 bits per heavy atom. The third-order valence-electron chi connectivity index (χ3n) is 3.55. The fourth-order valence-corrected chi connectivity index (χ4v) is 1.93. The molecule has 0 aromatic carbocycles. The first kappa shape index (κ1) is 22.2. The summed E-state index contributed by atoms with van der Waals surface area (Å²) in [6.45, 7) is 8.34. The molecule has 0 aromatic rings. The Hall–Kier alpha value is -0.0700. The van der Waals surface area contributed by atoms with Crippen LogP contribution in [0.3, 0.4) is 0 Å². The van der Waals surface area contributed by atoms with Gasteiger partial charge in [0.1, 0.15) is 0 Å². The minimum Gasteiger partial charge on any atom is -0.375 e. The average Bonchev–Trinajstić information content (AvgIpc) is 2.38. The Kier molecular flexibility index (Phi) is 14.1. The molecule has 20 heavy (non-hydrogen) atoms. The molecule has 0 radical (unpaired) electrons. The van der Waals surface area contributed by atoms with Gasteiger partial charge in [-0.1, -0.05) is 6.92 Å². The quantitative estimate of drug-likeness (QED) is 0.733. The number of amides is 1. The van der Waals surface area contributed by atoms with Crippen molar-refractivity contribution in [2.24, 2.45) is 0 Å². The van der Waals surface area contributed by atoms with E-state index in [9.17, 15) is 4.79 Å². The van der Waals surface area contributed by atoms with Crippen LogP contribution in [0.1, 0.15) is 26.7 Å². The van der Waals surface area contributed by atoms with Crippen molar-refractivity contribution >= 4 is 30.7 Å². The number of likely N-dealkylation sites (N-methyl/N-ethyl adjacent to an activating group) is 1. The Labute approximate surface area is 135 Å². The van der Waals surface area contributed by atoms with Crippen molar-refractivity contribution < 1.29 is 9.53 Å². The zero-order valence-corrected chi connectivity index (χ0v) is 14.3. The molecule has 0 aliphatic carbocycles. The maximum atomic E-state index is 11.7. The first-order valence-corrected chi connectivity index (χ1v) is 6.92. The molecular weight excluding hydrogens is 301 g/mol. The van der Waals surface area contributed by atoms with Crippen LogP contribution in [0.15, 0.2) is 0 Å². The molecule has 1 rings (SSSR count).